The van der Waals surface area contributed by atoms with E-state index in [1.54, 1.807) is 24.0 Å². The van der Waals surface area contributed by atoms with E-state index in [2.05, 4.69) is 10.2 Å². The first-order valence-electron chi connectivity index (χ1n) is 10.7. The van der Waals surface area contributed by atoms with Gasteiger partial charge in [0.2, 0.25) is 0 Å². The van der Waals surface area contributed by atoms with Gasteiger partial charge in [-0.05, 0) is 44.0 Å². The van der Waals surface area contributed by atoms with Crippen LogP contribution in [0.4, 0.5) is 0 Å². The molecule has 0 spiro atoms. The summed E-state index contributed by atoms with van der Waals surface area (Å²) in [4.78, 5) is 26.5. The van der Waals surface area contributed by atoms with Gasteiger partial charge in [-0.15, -0.1) is 10.2 Å². The summed E-state index contributed by atoms with van der Waals surface area (Å²) in [6, 6.07) is 17.3. The van der Waals surface area contributed by atoms with E-state index in [1.807, 2.05) is 42.5 Å². The van der Waals surface area contributed by atoms with Gasteiger partial charge in [0.15, 0.2) is 5.76 Å². The number of carbonyl (C=O) groups is 2. The maximum Gasteiger partial charge on any atom is 0.310 e. The molecule has 0 N–H and O–H groups in total. The molecule has 4 rings (SSSR count). The number of piperidine rings is 1. The molecule has 8 heteroatoms. The van der Waals surface area contributed by atoms with Crippen molar-refractivity contribution in [2.75, 3.05) is 19.7 Å². The lowest BCUT2D eigenvalue weighted by Gasteiger charge is -2.30. The molecule has 1 fully saturated rings. The van der Waals surface area contributed by atoms with Crippen LogP contribution in [0.3, 0.4) is 0 Å². The Labute approximate surface area is 191 Å². The van der Waals surface area contributed by atoms with Gasteiger partial charge in [0.25, 0.3) is 5.91 Å². The third-order valence-electron chi connectivity index (χ3n) is 5.27. The number of amides is 1. The van der Waals surface area contributed by atoms with Gasteiger partial charge in [-0.1, -0.05) is 42.1 Å². The number of furan rings is 1. The maximum atomic E-state index is 12.8. The van der Waals surface area contributed by atoms with Gasteiger partial charge in [-0.2, -0.15) is 0 Å². The summed E-state index contributed by atoms with van der Waals surface area (Å²) in [6.45, 7) is 3.12. The Morgan fingerprint density at radius 1 is 1.12 bits per heavy atom. The number of hydrogen-bond acceptors (Lipinski definition) is 7. The van der Waals surface area contributed by atoms with E-state index in [-0.39, 0.29) is 23.6 Å². The van der Waals surface area contributed by atoms with Gasteiger partial charge < -0.3 is 14.1 Å². The predicted molar refractivity (Wildman–Crippen MR) is 121 cm³/mol. The average Bonchev–Trinajstić information content (AvgIpc) is 3.32. The Hall–Kier alpha value is -3.13. The molecule has 1 unspecified atom stereocenters. The van der Waals surface area contributed by atoms with Crippen molar-refractivity contribution >= 4 is 23.6 Å². The minimum atomic E-state index is -0.268. The largest absolute Gasteiger partial charge is 0.466 e. The molecule has 166 valence electrons. The van der Waals surface area contributed by atoms with Gasteiger partial charge >= 0.3 is 5.97 Å². The first-order chi connectivity index (χ1) is 15.6. The molecule has 0 bridgehead atoms. The molecule has 3 heterocycles. The van der Waals surface area contributed by atoms with E-state index in [4.69, 9.17) is 9.15 Å². The average molecular weight is 452 g/mol. The lowest BCUT2D eigenvalue weighted by molar-refractivity contribution is -0.149. The molecule has 1 aromatic carbocycles. The van der Waals surface area contributed by atoms with E-state index in [0.717, 1.165) is 29.1 Å². The van der Waals surface area contributed by atoms with Gasteiger partial charge in [0.05, 0.1) is 24.0 Å². The van der Waals surface area contributed by atoms with Crippen molar-refractivity contribution in [2.24, 2.45) is 5.92 Å². The van der Waals surface area contributed by atoms with Gasteiger partial charge in [-0.25, -0.2) is 0 Å². The first kappa shape index (κ1) is 22.1. The zero-order valence-corrected chi connectivity index (χ0v) is 18.7. The minimum Gasteiger partial charge on any atom is -0.466 e. The molecule has 1 atom stereocenters. The van der Waals surface area contributed by atoms with Crippen molar-refractivity contribution in [3.63, 3.8) is 0 Å². The fourth-order valence-corrected chi connectivity index (χ4v) is 4.35. The van der Waals surface area contributed by atoms with Crippen LogP contribution >= 0.6 is 11.8 Å². The van der Waals surface area contributed by atoms with Crippen molar-refractivity contribution in [3.05, 3.63) is 66.1 Å². The molecule has 2 aromatic heterocycles. The van der Waals surface area contributed by atoms with Crippen molar-refractivity contribution in [1.82, 2.24) is 15.1 Å². The number of carbonyl (C=O) groups excluding carboxylic acids is 2. The van der Waals surface area contributed by atoms with Gasteiger partial charge in [-0.3, -0.25) is 9.59 Å². The molecule has 32 heavy (non-hydrogen) atoms. The Balaban J connectivity index is 1.32. The SMILES string of the molecule is CCOC(=O)C1CCCN(C(=O)c2ccc(CSc3ccc(-c4ccccc4)nn3)o2)C1. The highest BCUT2D eigenvalue weighted by Crippen LogP contribution is 2.25. The van der Waals surface area contributed by atoms with Crippen LogP contribution in [0.15, 0.2) is 64.0 Å². The third kappa shape index (κ3) is 5.37. The Morgan fingerprint density at radius 2 is 1.97 bits per heavy atom. The fraction of sp³-hybridized carbons (Fsp3) is 0.333. The number of rotatable bonds is 7. The van der Waals surface area contributed by atoms with E-state index in [0.29, 0.717) is 31.2 Å². The monoisotopic (exact) mass is 451 g/mol. The predicted octanol–water partition coefficient (Wildman–Crippen LogP) is 4.44. The number of aromatic nitrogens is 2. The van der Waals surface area contributed by atoms with Crippen LogP contribution < -0.4 is 0 Å². The minimum absolute atomic E-state index is 0.192. The Morgan fingerprint density at radius 3 is 2.72 bits per heavy atom. The number of thioether (sulfide) groups is 1. The second-order valence-corrected chi connectivity index (χ2v) is 8.52. The van der Waals surface area contributed by atoms with Gasteiger partial charge in [0.1, 0.15) is 10.8 Å². The summed E-state index contributed by atoms with van der Waals surface area (Å²) in [7, 11) is 0. The van der Waals surface area contributed by atoms with Crippen molar-refractivity contribution in [2.45, 2.75) is 30.5 Å². The Kier molecular flexibility index (Phi) is 7.21. The van der Waals surface area contributed by atoms with Crippen LogP contribution in [0.1, 0.15) is 36.1 Å². The number of hydrogen-bond donors (Lipinski definition) is 0. The highest BCUT2D eigenvalue weighted by molar-refractivity contribution is 7.98. The zero-order valence-electron chi connectivity index (χ0n) is 17.9. The van der Waals surface area contributed by atoms with Gasteiger partial charge in [0, 0.05) is 18.7 Å². The highest BCUT2D eigenvalue weighted by atomic mass is 32.2. The fourth-order valence-electron chi connectivity index (χ4n) is 3.65. The summed E-state index contributed by atoms with van der Waals surface area (Å²) in [5.41, 5.74) is 1.84. The van der Waals surface area contributed by atoms with Crippen LogP contribution in [0.2, 0.25) is 0 Å². The lowest BCUT2D eigenvalue weighted by Crippen LogP contribution is -2.42. The van der Waals surface area contributed by atoms with Crippen LogP contribution in [0.5, 0.6) is 0 Å². The second kappa shape index (κ2) is 10.5. The highest BCUT2D eigenvalue weighted by Gasteiger charge is 2.30. The zero-order chi connectivity index (χ0) is 22.3. The molecular weight excluding hydrogens is 426 g/mol. The number of esters is 1. The van der Waals surface area contributed by atoms with Crippen molar-refractivity contribution in [1.29, 1.82) is 0 Å². The number of ether oxygens (including phenoxy) is 1. The molecule has 0 saturated carbocycles. The summed E-state index contributed by atoms with van der Waals surface area (Å²) < 4.78 is 10.9. The van der Waals surface area contributed by atoms with Crippen molar-refractivity contribution < 1.29 is 18.7 Å². The summed E-state index contributed by atoms with van der Waals surface area (Å²) in [6.07, 6.45) is 1.52. The standard InChI is InChI=1S/C24H25N3O4S/c1-2-30-24(29)18-9-6-14-27(15-18)23(28)21-12-10-19(31-21)16-32-22-13-11-20(25-26-22)17-7-4-3-5-8-17/h3-5,7-8,10-13,18H,2,6,9,14-16H2,1H3. The molecule has 1 amide bonds. The molecule has 0 aliphatic carbocycles. The molecule has 3 aromatic rings. The molecule has 1 saturated heterocycles. The quantitative estimate of drug-likeness (QED) is 0.388. The van der Waals surface area contributed by atoms with E-state index in [1.165, 1.54) is 11.8 Å². The molecule has 0 radical (unpaired) electrons. The Bertz CT molecular complexity index is 1050. The molecular formula is C24H25N3O4S. The normalized spacial score (nSPS) is 16.0. The second-order valence-electron chi connectivity index (χ2n) is 7.52. The smallest absolute Gasteiger partial charge is 0.310 e. The lowest BCUT2D eigenvalue weighted by atomic mass is 9.98. The van der Waals surface area contributed by atoms with Crippen LogP contribution in [-0.4, -0.2) is 46.7 Å². The van der Waals surface area contributed by atoms with Crippen LogP contribution in [-0.2, 0) is 15.3 Å². The van der Waals surface area contributed by atoms with Crippen molar-refractivity contribution in [3.8, 4) is 11.3 Å². The summed E-state index contributed by atoms with van der Waals surface area (Å²) in [5, 5.41) is 9.35. The number of likely N-dealkylation sites (tertiary alicyclic amines) is 1. The molecule has 7 nitrogen and oxygen atoms in total. The summed E-state index contributed by atoms with van der Waals surface area (Å²) >= 11 is 1.49. The third-order valence-corrected chi connectivity index (χ3v) is 6.22. The van der Waals surface area contributed by atoms with E-state index >= 15 is 0 Å². The molecule has 1 aliphatic heterocycles. The van der Waals surface area contributed by atoms with Crippen LogP contribution in [0.25, 0.3) is 11.3 Å². The number of benzene rings is 1. The van der Waals surface area contributed by atoms with E-state index in [9.17, 15) is 9.59 Å². The molecule has 1 aliphatic rings. The number of nitrogens with zero attached hydrogens (tertiary/aromatic N) is 3. The van der Waals surface area contributed by atoms with Crippen LogP contribution in [0, 0.1) is 5.92 Å². The topological polar surface area (TPSA) is 85.5 Å². The summed E-state index contributed by atoms with van der Waals surface area (Å²) in [5.74, 6) is 0.818. The first-order valence-corrected chi connectivity index (χ1v) is 11.7. The van der Waals surface area contributed by atoms with E-state index < -0.39 is 0 Å². The maximum absolute atomic E-state index is 12.8.